The molecule has 0 saturated heterocycles. The topological polar surface area (TPSA) is 38.9 Å². The van der Waals surface area contributed by atoms with E-state index < -0.39 is 12.3 Å². The van der Waals surface area contributed by atoms with Crippen LogP contribution in [0, 0.1) is 0 Å². The molecule has 0 fully saturated rings. The quantitative estimate of drug-likeness (QED) is 0.826. The summed E-state index contributed by atoms with van der Waals surface area (Å²) >= 11 is 11.1. The minimum atomic E-state index is -3.06. The fourth-order valence-electron chi connectivity index (χ4n) is 1.01. The predicted molar refractivity (Wildman–Crippen MR) is 51.8 cm³/mol. The number of hydrogen-bond acceptors (Lipinski definition) is 2. The first-order chi connectivity index (χ1) is 6.47. The van der Waals surface area contributed by atoms with Crippen molar-refractivity contribution in [2.75, 3.05) is 6.54 Å². The van der Waals surface area contributed by atoms with Crippen LogP contribution < -0.4 is 5.73 Å². The van der Waals surface area contributed by atoms with Crippen LogP contribution >= 0.6 is 23.2 Å². The number of pyridine rings is 1. The van der Waals surface area contributed by atoms with Gasteiger partial charge >= 0.3 is 0 Å². The van der Waals surface area contributed by atoms with Crippen molar-refractivity contribution in [2.24, 2.45) is 5.73 Å². The van der Waals surface area contributed by atoms with E-state index in [1.54, 1.807) is 0 Å². The predicted octanol–water partition coefficient (Wildman–Crippen LogP) is 2.83. The third-order valence-corrected chi connectivity index (χ3v) is 2.18. The molecule has 6 heteroatoms. The molecular formula is C8H8Cl2F2N2. The van der Waals surface area contributed by atoms with Crippen molar-refractivity contribution >= 4 is 23.2 Å². The van der Waals surface area contributed by atoms with Crippen LogP contribution in [0.25, 0.3) is 0 Å². The maximum absolute atomic E-state index is 13.3. The monoisotopic (exact) mass is 240 g/mol. The number of halogens is 4. The number of hydrogen-bond donors (Lipinski definition) is 1. The zero-order chi connectivity index (χ0) is 10.8. The van der Waals surface area contributed by atoms with Crippen LogP contribution in [-0.2, 0) is 5.92 Å². The Morgan fingerprint density at radius 2 is 2.07 bits per heavy atom. The first-order valence-electron chi connectivity index (χ1n) is 3.87. The second-order valence-corrected chi connectivity index (χ2v) is 3.52. The molecule has 14 heavy (non-hydrogen) atoms. The molecule has 0 aromatic carbocycles. The Kier molecular flexibility index (Phi) is 3.64. The maximum Gasteiger partial charge on any atom is 0.276 e. The molecule has 2 N–H and O–H groups in total. The van der Waals surface area contributed by atoms with Crippen LogP contribution in [0.4, 0.5) is 8.78 Å². The van der Waals surface area contributed by atoms with Gasteiger partial charge in [-0.2, -0.15) is 0 Å². The van der Waals surface area contributed by atoms with Crippen LogP contribution in [-0.4, -0.2) is 11.5 Å². The molecule has 0 atom stereocenters. The Labute approximate surface area is 90.0 Å². The molecule has 0 unspecified atom stereocenters. The summed E-state index contributed by atoms with van der Waals surface area (Å²) in [6, 6.07) is 1.06. The van der Waals surface area contributed by atoms with E-state index in [9.17, 15) is 8.78 Å². The first-order valence-corrected chi connectivity index (χ1v) is 4.62. The Hall–Kier alpha value is -0.450. The molecule has 0 radical (unpaired) electrons. The molecule has 2 nitrogen and oxygen atoms in total. The second kappa shape index (κ2) is 4.38. The number of nitrogens with zero attached hydrogens (tertiary/aromatic N) is 1. The van der Waals surface area contributed by atoms with Crippen molar-refractivity contribution in [1.82, 2.24) is 4.98 Å². The number of alkyl halides is 2. The van der Waals surface area contributed by atoms with Gasteiger partial charge in [0.15, 0.2) is 0 Å². The molecule has 1 aromatic rings. The lowest BCUT2D eigenvalue weighted by Crippen LogP contribution is -2.19. The first kappa shape index (κ1) is 11.6. The van der Waals surface area contributed by atoms with Crippen LogP contribution in [0.2, 0.25) is 10.2 Å². The summed E-state index contributed by atoms with van der Waals surface area (Å²) in [7, 11) is 0. The summed E-state index contributed by atoms with van der Waals surface area (Å²) < 4.78 is 26.7. The molecule has 0 aliphatic heterocycles. The average Bonchev–Trinajstić information content (AvgIpc) is 2.09. The highest BCUT2D eigenvalue weighted by Gasteiger charge is 2.33. The summed E-state index contributed by atoms with van der Waals surface area (Å²) in [6.07, 6.45) is 0.636. The maximum atomic E-state index is 13.3. The molecule has 1 rings (SSSR count). The van der Waals surface area contributed by atoms with Crippen molar-refractivity contribution in [2.45, 2.75) is 12.3 Å². The van der Waals surface area contributed by atoms with E-state index in [0.717, 1.165) is 12.3 Å². The van der Waals surface area contributed by atoms with Gasteiger partial charge in [0, 0.05) is 18.2 Å². The second-order valence-electron chi connectivity index (χ2n) is 2.73. The Balaban J connectivity index is 3.10. The molecule has 0 bridgehead atoms. The van der Waals surface area contributed by atoms with Crippen LogP contribution in [0.15, 0.2) is 12.3 Å². The van der Waals surface area contributed by atoms with Crippen molar-refractivity contribution < 1.29 is 8.78 Å². The zero-order valence-corrected chi connectivity index (χ0v) is 8.62. The van der Waals surface area contributed by atoms with E-state index in [1.165, 1.54) is 0 Å². The number of aromatic nitrogens is 1. The molecule has 0 spiro atoms. The van der Waals surface area contributed by atoms with Crippen molar-refractivity contribution in [3.63, 3.8) is 0 Å². The highest BCUT2D eigenvalue weighted by molar-refractivity contribution is 6.32. The molecule has 0 saturated carbocycles. The Bertz CT molecular complexity index is 331. The van der Waals surface area contributed by atoms with E-state index in [1.807, 2.05) is 0 Å². The number of rotatable bonds is 3. The lowest BCUT2D eigenvalue weighted by atomic mass is 10.1. The highest BCUT2D eigenvalue weighted by Crippen LogP contribution is 2.36. The van der Waals surface area contributed by atoms with Gasteiger partial charge in [-0.25, -0.2) is 13.8 Å². The number of nitrogens with two attached hydrogens (primary N) is 1. The lowest BCUT2D eigenvalue weighted by molar-refractivity contribution is -0.0106. The largest absolute Gasteiger partial charge is 0.330 e. The van der Waals surface area contributed by atoms with E-state index in [4.69, 9.17) is 28.9 Å². The lowest BCUT2D eigenvalue weighted by Gasteiger charge is -2.16. The van der Waals surface area contributed by atoms with Crippen LogP contribution in [0.5, 0.6) is 0 Å². The standard InChI is InChI=1S/C8H8Cl2F2N2/c9-6-4-14-7(10)3-5(6)8(11,12)1-2-13/h3-4H,1-2,13H2. The summed E-state index contributed by atoms with van der Waals surface area (Å²) in [4.78, 5) is 3.58. The van der Waals surface area contributed by atoms with Gasteiger partial charge in [0.25, 0.3) is 5.92 Å². The van der Waals surface area contributed by atoms with Crippen molar-refractivity contribution in [3.05, 3.63) is 28.0 Å². The Morgan fingerprint density at radius 1 is 1.43 bits per heavy atom. The van der Waals surface area contributed by atoms with Gasteiger partial charge in [-0.3, -0.25) is 0 Å². The van der Waals surface area contributed by atoms with Gasteiger partial charge in [0.2, 0.25) is 0 Å². The fraction of sp³-hybridized carbons (Fsp3) is 0.375. The van der Waals surface area contributed by atoms with Gasteiger partial charge in [0.1, 0.15) is 5.15 Å². The van der Waals surface area contributed by atoms with Crippen LogP contribution in [0.1, 0.15) is 12.0 Å². The molecule has 1 heterocycles. The van der Waals surface area contributed by atoms with Gasteiger partial charge in [0.05, 0.1) is 5.02 Å². The molecular weight excluding hydrogens is 233 g/mol. The molecule has 78 valence electrons. The molecule has 0 aliphatic rings. The smallest absolute Gasteiger partial charge is 0.276 e. The summed E-state index contributed by atoms with van der Waals surface area (Å²) in [5.74, 6) is -3.06. The average molecular weight is 241 g/mol. The van der Waals surface area contributed by atoms with Gasteiger partial charge in [-0.15, -0.1) is 0 Å². The van der Waals surface area contributed by atoms with Gasteiger partial charge in [-0.05, 0) is 12.6 Å². The van der Waals surface area contributed by atoms with E-state index >= 15 is 0 Å². The van der Waals surface area contributed by atoms with E-state index in [2.05, 4.69) is 4.98 Å². The third-order valence-electron chi connectivity index (χ3n) is 1.67. The third kappa shape index (κ3) is 2.53. The van der Waals surface area contributed by atoms with E-state index in [0.29, 0.717) is 0 Å². The molecule has 0 aliphatic carbocycles. The highest BCUT2D eigenvalue weighted by atomic mass is 35.5. The van der Waals surface area contributed by atoms with E-state index in [-0.39, 0.29) is 22.3 Å². The van der Waals surface area contributed by atoms with Crippen molar-refractivity contribution in [1.29, 1.82) is 0 Å². The van der Waals surface area contributed by atoms with Crippen LogP contribution in [0.3, 0.4) is 0 Å². The van der Waals surface area contributed by atoms with Crippen molar-refractivity contribution in [3.8, 4) is 0 Å². The fourth-order valence-corrected chi connectivity index (χ4v) is 1.41. The van der Waals surface area contributed by atoms with Gasteiger partial charge in [-0.1, -0.05) is 23.2 Å². The Morgan fingerprint density at radius 3 is 2.64 bits per heavy atom. The minimum Gasteiger partial charge on any atom is -0.330 e. The van der Waals surface area contributed by atoms with Gasteiger partial charge < -0.3 is 5.73 Å². The normalized spacial score (nSPS) is 11.8. The summed E-state index contributed by atoms with van der Waals surface area (Å²) in [5.41, 5.74) is 4.74. The molecule has 1 aromatic heterocycles. The zero-order valence-electron chi connectivity index (χ0n) is 7.11. The summed E-state index contributed by atoms with van der Waals surface area (Å²) in [6.45, 7) is -0.122. The molecule has 0 amide bonds. The summed E-state index contributed by atoms with van der Waals surface area (Å²) in [5, 5.41) is -0.117. The minimum absolute atomic E-state index is 0.0129. The SMILES string of the molecule is NCCC(F)(F)c1cc(Cl)ncc1Cl.